The average molecular weight is 511 g/mol. The number of carbonyl (C=O) groups is 2. The third-order valence-corrected chi connectivity index (χ3v) is 7.83. The molecule has 3 aromatic rings. The summed E-state index contributed by atoms with van der Waals surface area (Å²) in [5.74, 6) is -0.583. The fourth-order valence-electron chi connectivity index (χ4n) is 5.05. The molecule has 2 atom stereocenters. The molecule has 2 aromatic carbocycles. The zero-order chi connectivity index (χ0) is 24.0. The highest BCUT2D eigenvalue weighted by molar-refractivity contribution is 7.07. The van der Waals surface area contributed by atoms with Crippen molar-refractivity contribution in [3.63, 3.8) is 0 Å². The molecule has 0 bridgehead atoms. The molecule has 2 fully saturated rings. The van der Waals surface area contributed by atoms with Gasteiger partial charge in [-0.1, -0.05) is 35.3 Å². The molecule has 34 heavy (non-hydrogen) atoms. The number of carbonyl (C=O) groups excluding carboxylic acids is 2. The van der Waals surface area contributed by atoms with Gasteiger partial charge in [0.05, 0.1) is 17.3 Å². The van der Waals surface area contributed by atoms with E-state index in [0.717, 1.165) is 5.56 Å². The Morgan fingerprint density at radius 1 is 1.12 bits per heavy atom. The predicted octanol–water partition coefficient (Wildman–Crippen LogP) is 5.36. The van der Waals surface area contributed by atoms with E-state index in [9.17, 15) is 14.9 Å². The van der Waals surface area contributed by atoms with Crippen molar-refractivity contribution in [2.45, 2.75) is 18.0 Å². The highest BCUT2D eigenvalue weighted by Crippen LogP contribution is 2.47. The second kappa shape index (κ2) is 8.71. The van der Waals surface area contributed by atoms with Gasteiger partial charge < -0.3 is 4.90 Å². The topological polar surface area (TPSA) is 67.7 Å². The summed E-state index contributed by atoms with van der Waals surface area (Å²) < 4.78 is 0. The number of hydrogen-bond acceptors (Lipinski definition) is 5. The first kappa shape index (κ1) is 22.9. The van der Waals surface area contributed by atoms with Crippen molar-refractivity contribution in [1.29, 1.82) is 5.26 Å². The van der Waals surface area contributed by atoms with Gasteiger partial charge in [0.15, 0.2) is 0 Å². The highest BCUT2D eigenvalue weighted by Gasteiger charge is 2.64. The van der Waals surface area contributed by atoms with Crippen LogP contribution in [0.25, 0.3) is 0 Å². The summed E-state index contributed by atoms with van der Waals surface area (Å²) in [7, 11) is 1.68. The Kier molecular flexibility index (Phi) is 5.86. The van der Waals surface area contributed by atoms with Crippen molar-refractivity contribution in [2.75, 3.05) is 25.0 Å². The summed E-state index contributed by atoms with van der Waals surface area (Å²) in [6.45, 7) is 1.66. The van der Waals surface area contributed by atoms with E-state index in [1.807, 2.05) is 17.5 Å². The Balaban J connectivity index is 1.59. The number of rotatable bonds is 4. The number of anilines is 1. The number of halogens is 2. The van der Waals surface area contributed by atoms with E-state index in [1.54, 1.807) is 53.6 Å². The van der Waals surface area contributed by atoms with Crippen LogP contribution in [0.3, 0.4) is 0 Å². The van der Waals surface area contributed by atoms with Crippen LogP contribution in [0.15, 0.2) is 59.3 Å². The van der Waals surface area contributed by atoms with Crippen molar-refractivity contribution in [2.24, 2.45) is 0 Å². The molecule has 2 saturated heterocycles. The van der Waals surface area contributed by atoms with Gasteiger partial charge in [-0.25, -0.2) is 9.69 Å². The number of hydrogen-bond donors (Lipinski definition) is 0. The lowest BCUT2D eigenvalue weighted by atomic mass is 9.80. The molecule has 0 unspecified atom stereocenters. The van der Waals surface area contributed by atoms with Crippen molar-refractivity contribution in [1.82, 2.24) is 9.80 Å². The lowest BCUT2D eigenvalue weighted by Crippen LogP contribution is -2.53. The van der Waals surface area contributed by atoms with E-state index in [2.05, 4.69) is 22.4 Å². The molecule has 172 valence electrons. The zero-order valence-corrected chi connectivity index (χ0v) is 20.6. The van der Waals surface area contributed by atoms with E-state index in [4.69, 9.17) is 23.2 Å². The smallest absolute Gasteiger partial charge is 0.310 e. The first-order chi connectivity index (χ1) is 16.3. The van der Waals surface area contributed by atoms with Gasteiger partial charge in [-0.15, -0.1) is 0 Å². The minimum atomic E-state index is -1.10. The number of benzene rings is 2. The van der Waals surface area contributed by atoms with E-state index in [-0.39, 0.29) is 11.8 Å². The summed E-state index contributed by atoms with van der Waals surface area (Å²) in [5.41, 5.74) is 1.87. The lowest BCUT2D eigenvalue weighted by molar-refractivity contribution is -0.124. The van der Waals surface area contributed by atoms with Crippen LogP contribution >= 0.6 is 34.5 Å². The van der Waals surface area contributed by atoms with Crippen LogP contribution in [-0.2, 0) is 11.3 Å². The van der Waals surface area contributed by atoms with Gasteiger partial charge in [-0.05, 0) is 58.3 Å². The molecule has 5 rings (SSSR count). The lowest BCUT2D eigenvalue weighted by Gasteiger charge is -2.34. The first-order valence-electron chi connectivity index (χ1n) is 10.7. The Morgan fingerprint density at radius 3 is 2.44 bits per heavy atom. The van der Waals surface area contributed by atoms with E-state index in [1.165, 1.54) is 10.5 Å². The molecule has 1 aromatic heterocycles. The number of likely N-dealkylation sites (tertiary alicyclic amines) is 1. The molecule has 0 aliphatic carbocycles. The Bertz CT molecular complexity index is 1290. The van der Waals surface area contributed by atoms with Crippen molar-refractivity contribution in [3.05, 3.63) is 86.0 Å². The Hall–Kier alpha value is -2.89. The van der Waals surface area contributed by atoms with E-state index < -0.39 is 11.6 Å². The quantitative estimate of drug-likeness (QED) is 0.442. The predicted molar refractivity (Wildman–Crippen MR) is 133 cm³/mol. The Labute approximate surface area is 211 Å². The van der Waals surface area contributed by atoms with Gasteiger partial charge in [0.25, 0.3) is 5.91 Å². The third kappa shape index (κ3) is 3.68. The molecule has 3 heterocycles. The van der Waals surface area contributed by atoms with Crippen LogP contribution in [-0.4, -0.2) is 47.4 Å². The summed E-state index contributed by atoms with van der Waals surface area (Å²) in [6.07, 6.45) is 0. The van der Waals surface area contributed by atoms with Gasteiger partial charge >= 0.3 is 6.03 Å². The monoisotopic (exact) mass is 510 g/mol. The number of nitriles is 1. The van der Waals surface area contributed by atoms with Crippen LogP contribution < -0.4 is 4.90 Å². The van der Waals surface area contributed by atoms with E-state index >= 15 is 0 Å². The van der Waals surface area contributed by atoms with Gasteiger partial charge in [-0.3, -0.25) is 9.69 Å². The standard InChI is InChI=1S/C25H20Cl2N4O2S/c1-29-24(33)31(21-9-19(26)8-20(27)10-21)23(32)25(29)15-30(12-17-6-7-34-14-17)13-22(25)18-4-2-16(11-28)3-5-18/h2-10,14,22H,12-13,15H2,1H3/t22-,25+/m0/s1. The molecule has 0 saturated carbocycles. The molecule has 1 spiro atoms. The molecule has 3 amide bonds. The van der Waals surface area contributed by atoms with Gasteiger partial charge in [0, 0.05) is 42.6 Å². The number of nitrogens with zero attached hydrogens (tertiary/aromatic N) is 4. The number of amides is 3. The highest BCUT2D eigenvalue weighted by atomic mass is 35.5. The van der Waals surface area contributed by atoms with Gasteiger partial charge in [-0.2, -0.15) is 16.6 Å². The molecule has 9 heteroatoms. The van der Waals surface area contributed by atoms with Crippen LogP contribution in [0.2, 0.25) is 10.0 Å². The fraction of sp³-hybridized carbons (Fsp3) is 0.240. The SMILES string of the molecule is CN1C(=O)N(c2cc(Cl)cc(Cl)c2)C(=O)[C@]12CN(Cc1ccsc1)C[C@H]2c1ccc(C#N)cc1. The molecule has 2 aliphatic rings. The fourth-order valence-corrected chi connectivity index (χ4v) is 6.23. The number of urea groups is 1. The minimum absolute atomic E-state index is 0.278. The summed E-state index contributed by atoms with van der Waals surface area (Å²) >= 11 is 14.0. The van der Waals surface area contributed by atoms with Crippen molar-refractivity contribution in [3.8, 4) is 6.07 Å². The average Bonchev–Trinajstić information content (AvgIpc) is 3.50. The molecular weight excluding hydrogens is 491 g/mol. The van der Waals surface area contributed by atoms with Gasteiger partial charge in [0.2, 0.25) is 0 Å². The summed E-state index contributed by atoms with van der Waals surface area (Å²) in [5, 5.41) is 14.0. The van der Waals surface area contributed by atoms with Crippen LogP contribution in [0.1, 0.15) is 22.6 Å². The number of imide groups is 1. The van der Waals surface area contributed by atoms with Crippen LogP contribution in [0.5, 0.6) is 0 Å². The largest absolute Gasteiger partial charge is 0.332 e. The number of likely N-dealkylation sites (N-methyl/N-ethyl adjacent to an activating group) is 1. The maximum Gasteiger partial charge on any atom is 0.332 e. The van der Waals surface area contributed by atoms with Crippen molar-refractivity contribution >= 4 is 52.2 Å². The molecule has 2 aliphatic heterocycles. The Morgan fingerprint density at radius 2 is 1.82 bits per heavy atom. The maximum absolute atomic E-state index is 14.1. The van der Waals surface area contributed by atoms with Crippen LogP contribution in [0.4, 0.5) is 10.5 Å². The van der Waals surface area contributed by atoms with E-state index in [0.29, 0.717) is 40.9 Å². The second-order valence-electron chi connectivity index (χ2n) is 8.62. The van der Waals surface area contributed by atoms with Crippen LogP contribution in [0, 0.1) is 11.3 Å². The number of thiophene rings is 1. The molecule has 6 nitrogen and oxygen atoms in total. The molecule has 0 radical (unpaired) electrons. The second-order valence-corrected chi connectivity index (χ2v) is 10.3. The summed E-state index contributed by atoms with van der Waals surface area (Å²) in [4.78, 5) is 32.6. The normalized spacial score (nSPS) is 22.7. The minimum Gasteiger partial charge on any atom is -0.310 e. The zero-order valence-electron chi connectivity index (χ0n) is 18.2. The maximum atomic E-state index is 14.1. The van der Waals surface area contributed by atoms with Gasteiger partial charge in [0.1, 0.15) is 5.54 Å². The van der Waals surface area contributed by atoms with Crippen molar-refractivity contribution < 1.29 is 9.59 Å². The molecule has 0 N–H and O–H groups in total. The summed E-state index contributed by atoms with van der Waals surface area (Å²) in [6, 6.07) is 15.8. The third-order valence-electron chi connectivity index (χ3n) is 6.67. The molecular formula is C25H20Cl2N4O2S. The first-order valence-corrected chi connectivity index (χ1v) is 12.4.